The fourth-order valence-electron chi connectivity index (χ4n) is 0.684. The van der Waals surface area contributed by atoms with Crippen LogP contribution in [0.1, 0.15) is 0 Å². The van der Waals surface area contributed by atoms with E-state index in [0.29, 0.717) is 0 Å². The van der Waals surface area contributed by atoms with E-state index in [-0.39, 0.29) is 0 Å². The summed E-state index contributed by atoms with van der Waals surface area (Å²) in [6, 6.07) is 0. The molecule has 88 valence electrons. The van der Waals surface area contributed by atoms with Gasteiger partial charge < -0.3 is 10.2 Å². The molecule has 0 saturated carbocycles. The first kappa shape index (κ1) is 16.4. The first-order valence-corrected chi connectivity index (χ1v) is 8.59. The second-order valence-electron chi connectivity index (χ2n) is 3.11. The highest BCUT2D eigenvalue weighted by atomic mass is 79.9. The summed E-state index contributed by atoms with van der Waals surface area (Å²) in [6.45, 7) is -3.32. The van der Waals surface area contributed by atoms with Gasteiger partial charge >= 0.3 is 0 Å². The highest BCUT2D eigenvalue weighted by molar-refractivity contribution is 9.09. The lowest BCUT2D eigenvalue weighted by Crippen LogP contribution is -2.42. The fourth-order valence-corrected chi connectivity index (χ4v) is 3.69. The molecule has 0 bridgehead atoms. The number of halogens is 3. The van der Waals surface area contributed by atoms with Gasteiger partial charge in [0.25, 0.3) is 6.80 Å². The highest BCUT2D eigenvalue weighted by Gasteiger charge is 2.26. The Morgan fingerprint density at radius 3 is 1.60 bits per heavy atom. The van der Waals surface area contributed by atoms with Crippen molar-refractivity contribution in [2.75, 3.05) is 0 Å². The van der Waals surface area contributed by atoms with Gasteiger partial charge in [-0.05, 0) is 11.2 Å². The molecule has 0 radical (unpaired) electrons. The molecular weight excluding hydrogens is 372 g/mol. The number of nitrogens with one attached hydrogen (secondary N) is 2. The number of rotatable bonds is 6. The van der Waals surface area contributed by atoms with E-state index in [9.17, 15) is 4.57 Å². The maximum absolute atomic E-state index is 11.7. The van der Waals surface area contributed by atoms with Gasteiger partial charge in [0.15, 0.2) is 0 Å². The molecule has 5 nitrogen and oxygen atoms in total. The second kappa shape index (κ2) is 7.01. The Hall–Kier alpha value is 1.45. The van der Waals surface area contributed by atoms with Crippen LogP contribution >= 0.6 is 49.9 Å². The first-order valence-electron chi connectivity index (χ1n) is 4.15. The third-order valence-electron chi connectivity index (χ3n) is 1.56. The third-order valence-corrected chi connectivity index (χ3v) is 5.21. The molecule has 0 aromatic rings. The minimum absolute atomic E-state index is 0.486. The molecule has 4 unspecified atom stereocenters. The van der Waals surface area contributed by atoms with Gasteiger partial charge in [-0.1, -0.05) is 31.9 Å². The van der Waals surface area contributed by atoms with Gasteiger partial charge in [0.2, 0.25) is 0 Å². The van der Waals surface area contributed by atoms with Gasteiger partial charge in [-0.2, -0.15) is 0 Å². The van der Waals surface area contributed by atoms with Gasteiger partial charge in [0.05, 0.1) is 0 Å². The molecule has 0 fully saturated rings. The maximum atomic E-state index is 11.7. The lowest BCUT2D eigenvalue weighted by molar-refractivity contribution is 0.255. The minimum atomic E-state index is -3.32. The van der Waals surface area contributed by atoms with Crippen molar-refractivity contribution in [1.82, 2.24) is 10.2 Å². The van der Waals surface area contributed by atoms with E-state index in [1.165, 1.54) is 0 Å². The fraction of sp³-hybridized carbons (Fsp3) is 1.00. The Balaban J connectivity index is 4.25. The SMILES string of the molecule is BC(NP(=O)(Cl)NC(B)C(O)Br)C(O)Br. The van der Waals surface area contributed by atoms with Crippen molar-refractivity contribution in [3.05, 3.63) is 0 Å². The van der Waals surface area contributed by atoms with Gasteiger partial charge in [-0.15, -0.1) is 0 Å². The molecule has 15 heavy (non-hydrogen) atoms. The molecule has 0 aliphatic carbocycles. The largest absolute Gasteiger partial charge is 0.381 e. The van der Waals surface area contributed by atoms with Gasteiger partial charge in [0, 0.05) is 11.9 Å². The number of aliphatic hydroxyl groups excluding tert-OH is 2. The van der Waals surface area contributed by atoms with Crippen LogP contribution in [0.2, 0.25) is 0 Å². The quantitative estimate of drug-likeness (QED) is 0.265. The number of aliphatic hydroxyl groups is 2. The molecule has 0 amide bonds. The topological polar surface area (TPSA) is 81.6 Å². The molecule has 0 aromatic carbocycles. The zero-order valence-corrected chi connectivity index (χ0v) is 13.0. The molecule has 4 atom stereocenters. The summed E-state index contributed by atoms with van der Waals surface area (Å²) in [5.74, 6) is -0.971. The Bertz CT molecular complexity index is 230. The van der Waals surface area contributed by atoms with Crippen molar-refractivity contribution in [3.63, 3.8) is 0 Å². The lowest BCUT2D eigenvalue weighted by atomic mass is 9.99. The van der Waals surface area contributed by atoms with Crippen LogP contribution in [0.3, 0.4) is 0 Å². The van der Waals surface area contributed by atoms with Crippen molar-refractivity contribution in [1.29, 1.82) is 0 Å². The van der Waals surface area contributed by atoms with Gasteiger partial charge in [-0.25, -0.2) is 10.2 Å². The summed E-state index contributed by atoms with van der Waals surface area (Å²) in [5, 5.41) is 21.6. The van der Waals surface area contributed by atoms with E-state index in [2.05, 4.69) is 42.0 Å². The van der Waals surface area contributed by atoms with Crippen molar-refractivity contribution in [3.8, 4) is 0 Å². The second-order valence-corrected chi connectivity index (χ2v) is 8.00. The summed E-state index contributed by atoms with van der Waals surface area (Å²) >= 11 is 11.5. The van der Waals surface area contributed by atoms with E-state index in [4.69, 9.17) is 21.5 Å². The maximum Gasteiger partial charge on any atom is 0.298 e. The van der Waals surface area contributed by atoms with Crippen molar-refractivity contribution >= 4 is 65.6 Å². The predicted molar refractivity (Wildman–Crippen MR) is 74.3 cm³/mol. The summed E-state index contributed by atoms with van der Waals surface area (Å²) in [7, 11) is 3.23. The molecule has 0 aliphatic rings. The molecule has 4 N–H and O–H groups in total. The lowest BCUT2D eigenvalue weighted by Gasteiger charge is -2.24. The van der Waals surface area contributed by atoms with E-state index in [1.807, 2.05) is 0 Å². The summed E-state index contributed by atoms with van der Waals surface area (Å²) in [4.78, 5) is 0. The van der Waals surface area contributed by atoms with Crippen LogP contribution in [0.4, 0.5) is 0 Å². The van der Waals surface area contributed by atoms with E-state index in [1.54, 1.807) is 15.7 Å². The van der Waals surface area contributed by atoms with Crippen LogP contribution in [0, 0.1) is 0 Å². The molecule has 0 aliphatic heterocycles. The average Bonchev–Trinajstić information content (AvgIpc) is 2.01. The molecule has 11 heteroatoms. The van der Waals surface area contributed by atoms with Crippen LogP contribution in [0.25, 0.3) is 0 Å². The Kier molecular flexibility index (Phi) is 7.69. The third kappa shape index (κ3) is 7.39. The van der Waals surface area contributed by atoms with Crippen molar-refractivity contribution in [2.45, 2.75) is 21.9 Å². The van der Waals surface area contributed by atoms with E-state index in [0.717, 1.165) is 0 Å². The summed E-state index contributed by atoms with van der Waals surface area (Å²) in [6.07, 6.45) is 0. The zero-order chi connectivity index (χ0) is 12.2. The normalized spacial score (nSPS) is 23.8. The first-order chi connectivity index (χ1) is 6.65. The van der Waals surface area contributed by atoms with Crippen LogP contribution in [-0.4, -0.2) is 47.8 Å². The molecular formula is C4H12B2Br2ClN2O3P. The highest BCUT2D eigenvalue weighted by Crippen LogP contribution is 2.43. The van der Waals surface area contributed by atoms with Crippen molar-refractivity contribution < 1.29 is 14.8 Å². The summed E-state index contributed by atoms with van der Waals surface area (Å²) < 4.78 is 11.7. The van der Waals surface area contributed by atoms with Crippen LogP contribution in [0.5, 0.6) is 0 Å². The molecule has 0 aromatic heterocycles. The van der Waals surface area contributed by atoms with E-state index < -0.39 is 28.7 Å². The van der Waals surface area contributed by atoms with Crippen molar-refractivity contribution in [2.24, 2.45) is 0 Å². The monoisotopic (exact) mass is 382 g/mol. The van der Waals surface area contributed by atoms with Crippen LogP contribution < -0.4 is 10.2 Å². The minimum Gasteiger partial charge on any atom is -0.381 e. The molecule has 0 saturated heterocycles. The molecule has 0 rings (SSSR count). The number of alkyl halides is 2. The van der Waals surface area contributed by atoms with E-state index >= 15 is 0 Å². The summed E-state index contributed by atoms with van der Waals surface area (Å²) in [5.41, 5.74) is 0. The molecule has 0 spiro atoms. The number of hydrogen-bond acceptors (Lipinski definition) is 3. The Labute approximate surface area is 112 Å². The smallest absolute Gasteiger partial charge is 0.298 e. The van der Waals surface area contributed by atoms with Crippen LogP contribution in [0.15, 0.2) is 0 Å². The predicted octanol–water partition coefficient (Wildman–Crippen LogP) is -1.14. The Morgan fingerprint density at radius 2 is 1.40 bits per heavy atom. The zero-order valence-electron chi connectivity index (χ0n) is 8.19. The van der Waals surface area contributed by atoms with Gasteiger partial charge in [0.1, 0.15) is 25.7 Å². The van der Waals surface area contributed by atoms with Crippen LogP contribution in [-0.2, 0) is 4.57 Å². The standard InChI is InChI=1S/C4H12B2Br2ClN2O3P/c5-1(3(7)12)10-15(9,14)11-2(6)4(8)13/h1-4,12-13H,5-6H2,(H2,10,11,14). The average molecular weight is 384 g/mol. The molecule has 0 heterocycles. The number of hydrogen-bond donors (Lipinski definition) is 4. The Morgan fingerprint density at radius 1 is 1.13 bits per heavy atom. The van der Waals surface area contributed by atoms with Gasteiger partial charge in [-0.3, -0.25) is 4.57 Å².